The van der Waals surface area contributed by atoms with Crippen LogP contribution in [0.5, 0.6) is 11.5 Å². The minimum absolute atomic E-state index is 0.00654. The van der Waals surface area contributed by atoms with Gasteiger partial charge in [-0.2, -0.15) is 0 Å². The minimum atomic E-state index is -3.74. The predicted octanol–water partition coefficient (Wildman–Crippen LogP) is 2.05. The highest BCUT2D eigenvalue weighted by atomic mass is 32.2. The van der Waals surface area contributed by atoms with E-state index in [1.54, 1.807) is 30.3 Å². The van der Waals surface area contributed by atoms with E-state index in [0.717, 1.165) is 0 Å². The van der Waals surface area contributed by atoms with Crippen molar-refractivity contribution in [3.05, 3.63) is 53.6 Å². The third-order valence-electron chi connectivity index (χ3n) is 4.42. The van der Waals surface area contributed by atoms with Gasteiger partial charge < -0.3 is 18.9 Å². The maximum Gasteiger partial charge on any atom is 0.337 e. The molecule has 0 amide bonds. The summed E-state index contributed by atoms with van der Waals surface area (Å²) >= 11 is 0. The number of rotatable bonds is 9. The van der Waals surface area contributed by atoms with Gasteiger partial charge in [-0.15, -0.1) is 0 Å². The first kappa shape index (κ1) is 22.6. The van der Waals surface area contributed by atoms with E-state index in [0.29, 0.717) is 35.8 Å². The Morgan fingerprint density at radius 1 is 1.06 bits per heavy atom. The van der Waals surface area contributed by atoms with Gasteiger partial charge >= 0.3 is 11.9 Å². The Morgan fingerprint density at radius 2 is 1.84 bits per heavy atom. The van der Waals surface area contributed by atoms with Crippen LogP contribution >= 0.6 is 0 Å². The molecule has 2 aromatic rings. The summed E-state index contributed by atoms with van der Waals surface area (Å²) in [5, 5.41) is 0. The fourth-order valence-electron chi connectivity index (χ4n) is 2.86. The number of carbonyl (C=O) groups excluding carboxylic acids is 2. The van der Waals surface area contributed by atoms with Crippen molar-refractivity contribution < 1.29 is 37.0 Å². The molecule has 0 radical (unpaired) electrons. The van der Waals surface area contributed by atoms with Crippen LogP contribution in [0.3, 0.4) is 0 Å². The second-order valence-corrected chi connectivity index (χ2v) is 8.43. The van der Waals surface area contributed by atoms with Gasteiger partial charge in [-0.3, -0.25) is 4.79 Å². The second kappa shape index (κ2) is 10.3. The zero-order valence-electron chi connectivity index (χ0n) is 17.0. The summed E-state index contributed by atoms with van der Waals surface area (Å²) in [5.41, 5.74) is 1.01. The Morgan fingerprint density at radius 3 is 2.61 bits per heavy atom. The van der Waals surface area contributed by atoms with E-state index in [1.807, 2.05) is 0 Å². The molecular formula is C21H23NO8S. The van der Waals surface area contributed by atoms with Crippen molar-refractivity contribution in [2.24, 2.45) is 0 Å². The Bertz CT molecular complexity index is 1050. The third-order valence-corrected chi connectivity index (χ3v) is 5.88. The lowest BCUT2D eigenvalue weighted by molar-refractivity contribution is -0.145. The van der Waals surface area contributed by atoms with E-state index >= 15 is 0 Å². The van der Waals surface area contributed by atoms with E-state index < -0.39 is 22.0 Å². The maximum absolute atomic E-state index is 12.4. The SMILES string of the molecule is COC(=O)c1cccc(COC(=O)CCCNS(=O)(=O)c2ccc3c(c2)OCCO3)c1. The summed E-state index contributed by atoms with van der Waals surface area (Å²) in [6, 6.07) is 11.0. The van der Waals surface area contributed by atoms with E-state index in [-0.39, 0.29) is 30.9 Å². The van der Waals surface area contributed by atoms with Crippen LogP contribution in [-0.2, 0) is 30.9 Å². The average Bonchev–Trinajstić information content (AvgIpc) is 2.79. The molecule has 1 aliphatic rings. The van der Waals surface area contributed by atoms with Crippen LogP contribution in [0.25, 0.3) is 0 Å². The normalized spacial score (nSPS) is 12.8. The number of nitrogens with one attached hydrogen (secondary N) is 1. The quantitative estimate of drug-likeness (QED) is 0.457. The molecule has 1 N–H and O–H groups in total. The van der Waals surface area contributed by atoms with Gasteiger partial charge in [0, 0.05) is 19.0 Å². The Hall–Kier alpha value is -3.11. The third kappa shape index (κ3) is 6.19. The molecule has 1 aliphatic heterocycles. The Kier molecular flexibility index (Phi) is 7.48. The summed E-state index contributed by atoms with van der Waals surface area (Å²) < 4.78 is 47.9. The number of fused-ring (bicyclic) bond motifs is 1. The van der Waals surface area contributed by atoms with Crippen LogP contribution in [0.1, 0.15) is 28.8 Å². The molecule has 0 saturated carbocycles. The molecule has 9 nitrogen and oxygen atoms in total. The van der Waals surface area contributed by atoms with Gasteiger partial charge in [0.15, 0.2) is 11.5 Å². The molecule has 10 heteroatoms. The first-order chi connectivity index (χ1) is 14.9. The summed E-state index contributed by atoms with van der Waals surface area (Å²) in [5.74, 6) is -0.0560. The molecule has 3 rings (SSSR count). The molecule has 0 fully saturated rings. The minimum Gasteiger partial charge on any atom is -0.486 e. The summed E-state index contributed by atoms with van der Waals surface area (Å²) in [6.45, 7) is 0.861. The smallest absolute Gasteiger partial charge is 0.337 e. The van der Waals surface area contributed by atoms with Crippen LogP contribution < -0.4 is 14.2 Å². The largest absolute Gasteiger partial charge is 0.486 e. The standard InChI is InChI=1S/C21H23NO8S/c1-27-21(24)16-5-2-4-15(12-16)14-30-20(23)6-3-9-22-31(25,26)17-7-8-18-19(13-17)29-11-10-28-18/h2,4-5,7-8,12-13,22H,3,6,9-11,14H2,1H3. The lowest BCUT2D eigenvalue weighted by atomic mass is 10.1. The number of hydrogen-bond donors (Lipinski definition) is 1. The molecule has 0 saturated heterocycles. The summed E-state index contributed by atoms with van der Waals surface area (Å²) in [7, 11) is -2.46. The van der Waals surface area contributed by atoms with Crippen LogP contribution in [0.15, 0.2) is 47.4 Å². The summed E-state index contributed by atoms with van der Waals surface area (Å²) in [4.78, 5) is 23.5. The lowest BCUT2D eigenvalue weighted by Gasteiger charge is -2.18. The zero-order valence-corrected chi connectivity index (χ0v) is 17.8. The first-order valence-corrected chi connectivity index (χ1v) is 11.1. The molecule has 0 spiro atoms. The highest BCUT2D eigenvalue weighted by Crippen LogP contribution is 2.32. The van der Waals surface area contributed by atoms with Crippen molar-refractivity contribution in [3.63, 3.8) is 0 Å². The van der Waals surface area contributed by atoms with Crippen molar-refractivity contribution in [1.82, 2.24) is 4.72 Å². The van der Waals surface area contributed by atoms with E-state index in [4.69, 9.17) is 14.2 Å². The van der Waals surface area contributed by atoms with Crippen LogP contribution in [0.2, 0.25) is 0 Å². The molecule has 1 heterocycles. The van der Waals surface area contributed by atoms with E-state index in [2.05, 4.69) is 9.46 Å². The molecule has 0 aliphatic carbocycles. The van der Waals surface area contributed by atoms with Gasteiger partial charge in [0.05, 0.1) is 17.6 Å². The van der Waals surface area contributed by atoms with Crippen molar-refractivity contribution in [3.8, 4) is 11.5 Å². The zero-order chi connectivity index (χ0) is 22.3. The van der Waals surface area contributed by atoms with E-state index in [1.165, 1.54) is 19.2 Å². The lowest BCUT2D eigenvalue weighted by Crippen LogP contribution is -2.25. The van der Waals surface area contributed by atoms with Gasteiger partial charge in [0.2, 0.25) is 10.0 Å². The van der Waals surface area contributed by atoms with Crippen LogP contribution in [-0.4, -0.2) is 47.2 Å². The van der Waals surface area contributed by atoms with Gasteiger partial charge in [-0.05, 0) is 36.2 Å². The number of ether oxygens (including phenoxy) is 4. The topological polar surface area (TPSA) is 117 Å². The van der Waals surface area contributed by atoms with Crippen molar-refractivity contribution in [2.75, 3.05) is 26.9 Å². The number of methoxy groups -OCH3 is 1. The first-order valence-electron chi connectivity index (χ1n) is 9.61. The molecule has 0 unspecified atom stereocenters. The molecule has 0 bridgehead atoms. The maximum atomic E-state index is 12.4. The van der Waals surface area contributed by atoms with Crippen LogP contribution in [0, 0.1) is 0 Å². The number of esters is 2. The molecule has 2 aromatic carbocycles. The Balaban J connectivity index is 1.43. The highest BCUT2D eigenvalue weighted by molar-refractivity contribution is 7.89. The predicted molar refractivity (Wildman–Crippen MR) is 109 cm³/mol. The van der Waals surface area contributed by atoms with Gasteiger partial charge in [-0.1, -0.05) is 12.1 Å². The van der Waals surface area contributed by atoms with Gasteiger partial charge in [0.25, 0.3) is 0 Å². The van der Waals surface area contributed by atoms with Gasteiger partial charge in [0.1, 0.15) is 19.8 Å². The van der Waals surface area contributed by atoms with Crippen molar-refractivity contribution in [1.29, 1.82) is 0 Å². The molecule has 0 atom stereocenters. The number of benzene rings is 2. The fraction of sp³-hybridized carbons (Fsp3) is 0.333. The van der Waals surface area contributed by atoms with Crippen molar-refractivity contribution in [2.45, 2.75) is 24.3 Å². The second-order valence-electron chi connectivity index (χ2n) is 6.66. The number of sulfonamides is 1. The molecule has 0 aromatic heterocycles. The summed E-state index contributed by atoms with van der Waals surface area (Å²) in [6.07, 6.45) is 0.311. The molecular weight excluding hydrogens is 426 g/mol. The van der Waals surface area contributed by atoms with Crippen molar-refractivity contribution >= 4 is 22.0 Å². The number of carbonyl (C=O) groups is 2. The average molecular weight is 449 g/mol. The van der Waals surface area contributed by atoms with Crippen LogP contribution in [0.4, 0.5) is 0 Å². The Labute approximate surface area is 180 Å². The van der Waals surface area contributed by atoms with E-state index in [9.17, 15) is 18.0 Å². The number of hydrogen-bond acceptors (Lipinski definition) is 8. The highest BCUT2D eigenvalue weighted by Gasteiger charge is 2.19. The fourth-order valence-corrected chi connectivity index (χ4v) is 3.94. The monoisotopic (exact) mass is 449 g/mol. The molecule has 166 valence electrons. The molecule has 31 heavy (non-hydrogen) atoms. The van der Waals surface area contributed by atoms with Gasteiger partial charge in [-0.25, -0.2) is 17.9 Å².